The highest BCUT2D eigenvalue weighted by Crippen LogP contribution is 2.28. The van der Waals surface area contributed by atoms with Crippen LogP contribution in [0, 0.1) is 5.41 Å². The molecule has 0 saturated carbocycles. The Balaban J connectivity index is 2.00. The minimum absolute atomic E-state index is 0.0170. The first-order valence-electron chi connectivity index (χ1n) is 8.35. The maximum absolute atomic E-state index is 12.6. The third-order valence-electron chi connectivity index (χ3n) is 4.43. The van der Waals surface area contributed by atoms with Gasteiger partial charge in [0.2, 0.25) is 0 Å². The summed E-state index contributed by atoms with van der Waals surface area (Å²) in [7, 11) is 1.72. The molecule has 5 nitrogen and oxygen atoms in total. The van der Waals surface area contributed by atoms with Crippen molar-refractivity contribution in [3.8, 4) is 0 Å². The monoisotopic (exact) mass is 320 g/mol. The third kappa shape index (κ3) is 5.03. The SMILES string of the molecule is CCOC(C(=O)NCC1(COC)CCNCC1)c1ccccc1. The van der Waals surface area contributed by atoms with Gasteiger partial charge < -0.3 is 20.1 Å². The summed E-state index contributed by atoms with van der Waals surface area (Å²) in [6.45, 7) is 5.62. The van der Waals surface area contributed by atoms with Crippen LogP contribution in [0.25, 0.3) is 0 Å². The lowest BCUT2D eigenvalue weighted by Gasteiger charge is -2.37. The highest BCUT2D eigenvalue weighted by Gasteiger charge is 2.33. The van der Waals surface area contributed by atoms with Gasteiger partial charge in [0, 0.05) is 25.7 Å². The molecule has 2 N–H and O–H groups in total. The first kappa shape index (κ1) is 17.9. The highest BCUT2D eigenvalue weighted by molar-refractivity contribution is 5.82. The van der Waals surface area contributed by atoms with Gasteiger partial charge in [-0.25, -0.2) is 0 Å². The molecular weight excluding hydrogens is 292 g/mol. The molecule has 1 aromatic rings. The van der Waals surface area contributed by atoms with E-state index in [1.54, 1.807) is 7.11 Å². The zero-order chi connectivity index (χ0) is 16.5. The molecule has 1 aliphatic rings. The van der Waals surface area contributed by atoms with Crippen LogP contribution in [0.1, 0.15) is 31.4 Å². The molecule has 1 amide bonds. The Kier molecular flexibility index (Phi) is 7.02. The minimum atomic E-state index is -0.553. The average molecular weight is 320 g/mol. The van der Waals surface area contributed by atoms with Crippen molar-refractivity contribution in [1.82, 2.24) is 10.6 Å². The number of nitrogens with one attached hydrogen (secondary N) is 2. The Morgan fingerprint density at radius 1 is 1.30 bits per heavy atom. The van der Waals surface area contributed by atoms with E-state index in [1.165, 1.54) is 0 Å². The number of rotatable bonds is 8. The van der Waals surface area contributed by atoms with Gasteiger partial charge in [0.1, 0.15) is 0 Å². The molecule has 1 heterocycles. The fourth-order valence-electron chi connectivity index (χ4n) is 3.12. The van der Waals surface area contributed by atoms with Gasteiger partial charge >= 0.3 is 0 Å². The van der Waals surface area contributed by atoms with Crippen LogP contribution in [-0.2, 0) is 14.3 Å². The van der Waals surface area contributed by atoms with Crippen molar-refractivity contribution < 1.29 is 14.3 Å². The van der Waals surface area contributed by atoms with Gasteiger partial charge in [-0.3, -0.25) is 4.79 Å². The summed E-state index contributed by atoms with van der Waals surface area (Å²) in [5, 5.41) is 6.45. The zero-order valence-corrected chi connectivity index (χ0v) is 14.1. The first-order chi connectivity index (χ1) is 11.2. The molecule has 0 aliphatic carbocycles. The van der Waals surface area contributed by atoms with Crippen molar-refractivity contribution in [3.05, 3.63) is 35.9 Å². The van der Waals surface area contributed by atoms with Crippen molar-refractivity contribution in [2.75, 3.05) is 40.0 Å². The van der Waals surface area contributed by atoms with Crippen molar-refractivity contribution >= 4 is 5.91 Å². The number of hydrogen-bond donors (Lipinski definition) is 2. The van der Waals surface area contributed by atoms with Gasteiger partial charge in [-0.15, -0.1) is 0 Å². The zero-order valence-electron chi connectivity index (χ0n) is 14.1. The van der Waals surface area contributed by atoms with Crippen LogP contribution in [0.15, 0.2) is 30.3 Å². The lowest BCUT2D eigenvalue weighted by Crippen LogP contribution is -2.48. The van der Waals surface area contributed by atoms with Crippen LogP contribution in [0.3, 0.4) is 0 Å². The number of methoxy groups -OCH3 is 1. The molecule has 0 bridgehead atoms. The summed E-state index contributed by atoms with van der Waals surface area (Å²) in [6.07, 6.45) is 1.46. The number of carbonyl (C=O) groups is 1. The molecule has 0 spiro atoms. The number of carbonyl (C=O) groups excluding carboxylic acids is 1. The van der Waals surface area contributed by atoms with E-state index >= 15 is 0 Å². The van der Waals surface area contributed by atoms with Crippen molar-refractivity contribution in [2.24, 2.45) is 5.41 Å². The first-order valence-corrected chi connectivity index (χ1v) is 8.35. The van der Waals surface area contributed by atoms with Crippen LogP contribution >= 0.6 is 0 Å². The molecule has 128 valence electrons. The van der Waals surface area contributed by atoms with Crippen LogP contribution in [-0.4, -0.2) is 45.9 Å². The normalized spacial score (nSPS) is 18.3. The lowest BCUT2D eigenvalue weighted by atomic mass is 9.79. The van der Waals surface area contributed by atoms with Gasteiger partial charge in [0.15, 0.2) is 6.10 Å². The average Bonchev–Trinajstić information content (AvgIpc) is 2.59. The van der Waals surface area contributed by atoms with E-state index in [1.807, 2.05) is 37.3 Å². The van der Waals surface area contributed by atoms with Crippen molar-refractivity contribution in [1.29, 1.82) is 0 Å². The Labute approximate surface area is 138 Å². The van der Waals surface area contributed by atoms with E-state index in [0.717, 1.165) is 31.5 Å². The smallest absolute Gasteiger partial charge is 0.253 e. The minimum Gasteiger partial charge on any atom is -0.384 e. The van der Waals surface area contributed by atoms with Gasteiger partial charge in [-0.2, -0.15) is 0 Å². The van der Waals surface area contributed by atoms with E-state index in [0.29, 0.717) is 19.8 Å². The number of benzene rings is 1. The molecule has 1 aromatic carbocycles. The second kappa shape index (κ2) is 9.01. The fraction of sp³-hybridized carbons (Fsp3) is 0.611. The summed E-state index contributed by atoms with van der Waals surface area (Å²) in [4.78, 5) is 12.6. The quantitative estimate of drug-likeness (QED) is 0.768. The molecule has 23 heavy (non-hydrogen) atoms. The van der Waals surface area contributed by atoms with Gasteiger partial charge in [0.05, 0.1) is 6.61 Å². The highest BCUT2D eigenvalue weighted by atomic mass is 16.5. The Bertz CT molecular complexity index is 467. The molecule has 2 rings (SSSR count). The molecule has 1 saturated heterocycles. The fourth-order valence-corrected chi connectivity index (χ4v) is 3.12. The number of amides is 1. The maximum atomic E-state index is 12.6. The number of ether oxygens (including phenoxy) is 2. The van der Waals surface area contributed by atoms with Gasteiger partial charge in [0.25, 0.3) is 5.91 Å². The molecule has 5 heteroatoms. The molecule has 1 unspecified atom stereocenters. The molecule has 1 aliphatic heterocycles. The Morgan fingerprint density at radius 2 is 2.00 bits per heavy atom. The second-order valence-electron chi connectivity index (χ2n) is 6.15. The molecular formula is C18H28N2O3. The van der Waals surface area contributed by atoms with Gasteiger partial charge in [-0.1, -0.05) is 30.3 Å². The van der Waals surface area contributed by atoms with E-state index in [4.69, 9.17) is 9.47 Å². The molecule has 1 fully saturated rings. The summed E-state index contributed by atoms with van der Waals surface area (Å²) < 4.78 is 11.1. The number of hydrogen-bond acceptors (Lipinski definition) is 4. The lowest BCUT2D eigenvalue weighted by molar-refractivity contribution is -0.133. The summed E-state index contributed by atoms with van der Waals surface area (Å²) in [6, 6.07) is 9.64. The number of piperidine rings is 1. The molecule has 1 atom stereocenters. The topological polar surface area (TPSA) is 59.6 Å². The van der Waals surface area contributed by atoms with Crippen LogP contribution in [0.4, 0.5) is 0 Å². The molecule has 0 radical (unpaired) electrons. The van der Waals surface area contributed by atoms with Crippen LogP contribution < -0.4 is 10.6 Å². The van der Waals surface area contributed by atoms with Gasteiger partial charge in [-0.05, 0) is 38.4 Å². The summed E-state index contributed by atoms with van der Waals surface area (Å²) in [5.74, 6) is -0.0768. The van der Waals surface area contributed by atoms with Crippen molar-refractivity contribution in [2.45, 2.75) is 25.9 Å². The van der Waals surface area contributed by atoms with E-state index in [-0.39, 0.29) is 11.3 Å². The van der Waals surface area contributed by atoms with E-state index < -0.39 is 6.10 Å². The predicted octanol–water partition coefficient (Wildman–Crippen LogP) is 1.90. The standard InChI is InChI=1S/C18H28N2O3/c1-3-23-16(15-7-5-4-6-8-15)17(21)20-13-18(14-22-2)9-11-19-12-10-18/h4-8,16,19H,3,9-14H2,1-2H3,(H,20,21). The predicted molar refractivity (Wildman–Crippen MR) is 90.2 cm³/mol. The largest absolute Gasteiger partial charge is 0.384 e. The summed E-state index contributed by atoms with van der Waals surface area (Å²) in [5.41, 5.74) is 0.904. The molecule has 0 aromatic heterocycles. The van der Waals surface area contributed by atoms with Crippen LogP contribution in [0.5, 0.6) is 0 Å². The maximum Gasteiger partial charge on any atom is 0.253 e. The van der Waals surface area contributed by atoms with E-state index in [9.17, 15) is 4.79 Å². The van der Waals surface area contributed by atoms with Crippen LogP contribution in [0.2, 0.25) is 0 Å². The third-order valence-corrected chi connectivity index (χ3v) is 4.43. The Hall–Kier alpha value is -1.43. The summed E-state index contributed by atoms with van der Waals surface area (Å²) >= 11 is 0. The Morgan fingerprint density at radius 3 is 2.61 bits per heavy atom. The van der Waals surface area contributed by atoms with E-state index in [2.05, 4.69) is 10.6 Å². The second-order valence-corrected chi connectivity index (χ2v) is 6.15. The van der Waals surface area contributed by atoms with Crippen molar-refractivity contribution in [3.63, 3.8) is 0 Å².